The normalized spacial score (nSPS) is 20.4. The van der Waals surface area contributed by atoms with Gasteiger partial charge in [0, 0.05) is 6.54 Å². The molecule has 1 heterocycles. The van der Waals surface area contributed by atoms with E-state index < -0.39 is 15.4 Å². The number of hydrogen-bond donors (Lipinski definition) is 1. The van der Waals surface area contributed by atoms with E-state index in [1.54, 1.807) is 6.92 Å². The van der Waals surface area contributed by atoms with Gasteiger partial charge in [0.25, 0.3) is 10.1 Å². The van der Waals surface area contributed by atoms with Crippen LogP contribution in [0.5, 0.6) is 0 Å². The molecule has 0 saturated carbocycles. The lowest BCUT2D eigenvalue weighted by Gasteiger charge is -2.29. The third kappa shape index (κ3) is 3.69. The molecule has 1 aliphatic heterocycles. The summed E-state index contributed by atoms with van der Waals surface area (Å²) in [6, 6.07) is 20.6. The van der Waals surface area contributed by atoms with Crippen LogP contribution in [0.25, 0.3) is 0 Å². The van der Waals surface area contributed by atoms with Crippen LogP contribution in [0.2, 0.25) is 0 Å². The van der Waals surface area contributed by atoms with Crippen LogP contribution in [0, 0.1) is 5.92 Å². The second-order valence-corrected chi connectivity index (χ2v) is 8.26. The number of rotatable bonds is 5. The minimum atomic E-state index is -3.99. The van der Waals surface area contributed by atoms with E-state index in [9.17, 15) is 13.0 Å². The minimum Gasteiger partial charge on any atom is -0.292 e. The molecular weight excluding hydrogens is 322 g/mol. The van der Waals surface area contributed by atoms with E-state index in [4.69, 9.17) is 0 Å². The molecule has 2 unspecified atom stereocenters. The zero-order valence-corrected chi connectivity index (χ0v) is 14.6. The van der Waals surface area contributed by atoms with Gasteiger partial charge in [-0.15, -0.1) is 0 Å². The molecule has 0 bridgehead atoms. The summed E-state index contributed by atoms with van der Waals surface area (Å²) in [4.78, 5) is 2.32. The molecule has 1 saturated heterocycles. The summed E-state index contributed by atoms with van der Waals surface area (Å²) >= 11 is 0. The molecule has 0 aliphatic carbocycles. The van der Waals surface area contributed by atoms with Crippen molar-refractivity contribution in [1.29, 1.82) is 0 Å². The molecule has 0 radical (unpaired) electrons. The minimum absolute atomic E-state index is 0.0464. The molecule has 2 aromatic rings. The van der Waals surface area contributed by atoms with Crippen LogP contribution in [0.1, 0.15) is 30.5 Å². The van der Waals surface area contributed by atoms with Crippen molar-refractivity contribution in [1.82, 2.24) is 4.90 Å². The van der Waals surface area contributed by atoms with Crippen molar-refractivity contribution >= 4 is 10.1 Å². The fourth-order valence-corrected chi connectivity index (χ4v) is 4.27. The first-order chi connectivity index (χ1) is 11.5. The monoisotopic (exact) mass is 345 g/mol. The average molecular weight is 345 g/mol. The van der Waals surface area contributed by atoms with Crippen molar-refractivity contribution in [3.63, 3.8) is 0 Å². The van der Waals surface area contributed by atoms with Crippen LogP contribution in [-0.2, 0) is 10.1 Å². The van der Waals surface area contributed by atoms with Crippen LogP contribution in [0.15, 0.2) is 60.7 Å². The van der Waals surface area contributed by atoms with E-state index in [1.165, 1.54) is 11.1 Å². The van der Waals surface area contributed by atoms with Crippen molar-refractivity contribution in [3.05, 3.63) is 71.8 Å². The van der Waals surface area contributed by atoms with E-state index in [0.29, 0.717) is 6.54 Å². The summed E-state index contributed by atoms with van der Waals surface area (Å²) in [5.41, 5.74) is 2.40. The molecular formula is C19H23NO3S. The Morgan fingerprint density at radius 2 is 1.50 bits per heavy atom. The van der Waals surface area contributed by atoms with Crippen molar-refractivity contribution < 1.29 is 13.0 Å². The summed E-state index contributed by atoms with van der Waals surface area (Å²) in [5.74, 6) is -0.0464. The van der Waals surface area contributed by atoms with Crippen molar-refractivity contribution in [2.24, 2.45) is 5.92 Å². The highest BCUT2D eigenvalue weighted by Crippen LogP contribution is 2.34. The van der Waals surface area contributed by atoms with Crippen LogP contribution >= 0.6 is 0 Å². The lowest BCUT2D eigenvalue weighted by atomic mass is 9.97. The second-order valence-electron chi connectivity index (χ2n) is 6.49. The van der Waals surface area contributed by atoms with Gasteiger partial charge in [0.15, 0.2) is 0 Å². The van der Waals surface area contributed by atoms with Crippen LogP contribution < -0.4 is 0 Å². The van der Waals surface area contributed by atoms with Gasteiger partial charge in [0.05, 0.1) is 11.3 Å². The van der Waals surface area contributed by atoms with Gasteiger partial charge in [-0.3, -0.25) is 9.45 Å². The lowest BCUT2D eigenvalue weighted by Crippen LogP contribution is -2.32. The molecule has 0 spiro atoms. The Morgan fingerprint density at radius 3 is 1.96 bits per heavy atom. The quantitative estimate of drug-likeness (QED) is 0.844. The molecule has 3 rings (SSSR count). The van der Waals surface area contributed by atoms with E-state index in [-0.39, 0.29) is 12.0 Å². The summed E-state index contributed by atoms with van der Waals surface area (Å²) in [6.07, 6.45) is 0.775. The molecule has 24 heavy (non-hydrogen) atoms. The van der Waals surface area contributed by atoms with E-state index in [1.807, 2.05) is 36.4 Å². The maximum atomic E-state index is 11.5. The van der Waals surface area contributed by atoms with E-state index >= 15 is 0 Å². The lowest BCUT2D eigenvalue weighted by molar-refractivity contribution is 0.268. The molecule has 1 N–H and O–H groups in total. The predicted octanol–water partition coefficient (Wildman–Crippen LogP) is 3.37. The number of benzene rings is 2. The maximum Gasteiger partial charge on any atom is 0.267 e. The summed E-state index contributed by atoms with van der Waals surface area (Å²) < 4.78 is 32.3. The number of likely N-dealkylation sites (tertiary alicyclic amines) is 1. The standard InChI is InChI=1S/C19H23NO3S/c1-15(24(21,22)23)18-12-13-20(14-18)19(16-8-4-2-5-9-16)17-10-6-3-7-11-17/h2-11,15,18-19H,12-14H2,1H3,(H,21,22,23). The van der Waals surface area contributed by atoms with Gasteiger partial charge in [-0.25, -0.2) is 0 Å². The second kappa shape index (κ2) is 7.05. The molecule has 128 valence electrons. The van der Waals surface area contributed by atoms with Gasteiger partial charge in [-0.05, 0) is 36.9 Å². The highest BCUT2D eigenvalue weighted by Gasteiger charge is 2.36. The molecule has 2 aromatic carbocycles. The Hall–Kier alpha value is -1.69. The maximum absolute atomic E-state index is 11.5. The highest BCUT2D eigenvalue weighted by atomic mass is 32.2. The zero-order valence-electron chi connectivity index (χ0n) is 13.7. The van der Waals surface area contributed by atoms with Crippen molar-refractivity contribution in [2.75, 3.05) is 13.1 Å². The van der Waals surface area contributed by atoms with Gasteiger partial charge in [-0.1, -0.05) is 60.7 Å². The zero-order chi connectivity index (χ0) is 17.2. The topological polar surface area (TPSA) is 57.6 Å². The summed E-state index contributed by atoms with van der Waals surface area (Å²) in [7, 11) is -3.99. The van der Waals surface area contributed by atoms with Crippen LogP contribution in [-0.4, -0.2) is 36.2 Å². The molecule has 2 atom stereocenters. The first-order valence-electron chi connectivity index (χ1n) is 8.27. The third-order valence-corrected chi connectivity index (χ3v) is 6.31. The average Bonchev–Trinajstić information content (AvgIpc) is 3.05. The Morgan fingerprint density at radius 1 is 1.00 bits per heavy atom. The Kier molecular flexibility index (Phi) is 5.04. The van der Waals surface area contributed by atoms with Crippen LogP contribution in [0.3, 0.4) is 0 Å². The Bertz CT molecular complexity index is 722. The van der Waals surface area contributed by atoms with Gasteiger partial charge < -0.3 is 0 Å². The van der Waals surface area contributed by atoms with Crippen molar-refractivity contribution in [3.8, 4) is 0 Å². The third-order valence-electron chi connectivity index (χ3n) is 4.99. The Labute approximate surface area is 143 Å². The van der Waals surface area contributed by atoms with Gasteiger partial charge in [0.2, 0.25) is 0 Å². The molecule has 4 nitrogen and oxygen atoms in total. The van der Waals surface area contributed by atoms with E-state index in [2.05, 4.69) is 29.2 Å². The molecule has 1 fully saturated rings. The molecule has 0 aromatic heterocycles. The number of nitrogens with zero attached hydrogens (tertiary/aromatic N) is 1. The largest absolute Gasteiger partial charge is 0.292 e. The van der Waals surface area contributed by atoms with Crippen molar-refractivity contribution in [2.45, 2.75) is 24.6 Å². The van der Waals surface area contributed by atoms with Gasteiger partial charge >= 0.3 is 0 Å². The van der Waals surface area contributed by atoms with Crippen LogP contribution in [0.4, 0.5) is 0 Å². The summed E-state index contributed by atoms with van der Waals surface area (Å²) in [6.45, 7) is 3.08. The van der Waals surface area contributed by atoms with Gasteiger partial charge in [-0.2, -0.15) is 8.42 Å². The van der Waals surface area contributed by atoms with Gasteiger partial charge in [0.1, 0.15) is 0 Å². The fourth-order valence-electron chi connectivity index (χ4n) is 3.56. The van der Waals surface area contributed by atoms with E-state index in [0.717, 1.165) is 13.0 Å². The first kappa shape index (κ1) is 17.1. The molecule has 5 heteroatoms. The SMILES string of the molecule is CC(C1CCN(C(c2ccccc2)c2ccccc2)C1)S(=O)(=O)O. The first-order valence-corrected chi connectivity index (χ1v) is 9.77. The fraction of sp³-hybridized carbons (Fsp3) is 0.368. The smallest absolute Gasteiger partial charge is 0.267 e. The predicted molar refractivity (Wildman–Crippen MR) is 95.4 cm³/mol. The molecule has 1 aliphatic rings. The highest BCUT2D eigenvalue weighted by molar-refractivity contribution is 7.86. The summed E-state index contributed by atoms with van der Waals surface area (Å²) in [5, 5.41) is -0.727. The Balaban J connectivity index is 1.88. The molecule has 0 amide bonds. The number of hydrogen-bond acceptors (Lipinski definition) is 3.